The van der Waals surface area contributed by atoms with Crippen LogP contribution in [0.2, 0.25) is 0 Å². The lowest BCUT2D eigenvalue weighted by Gasteiger charge is -2.31. The number of fused-ring (bicyclic) bond motifs is 1. The molecule has 29 heavy (non-hydrogen) atoms. The molecule has 150 valence electrons. The fourth-order valence-electron chi connectivity index (χ4n) is 3.69. The molecule has 0 unspecified atom stereocenters. The van der Waals surface area contributed by atoms with E-state index in [1.54, 1.807) is 4.90 Å². The monoisotopic (exact) mass is 394 g/mol. The molecule has 0 atom stereocenters. The first kappa shape index (κ1) is 19.1. The maximum Gasteiger partial charge on any atom is 0.253 e. The summed E-state index contributed by atoms with van der Waals surface area (Å²) >= 11 is 0. The van der Waals surface area contributed by atoms with E-state index in [0.717, 1.165) is 11.3 Å². The summed E-state index contributed by atoms with van der Waals surface area (Å²) in [5, 5.41) is 2.99. The van der Waals surface area contributed by atoms with Crippen molar-refractivity contribution in [3.8, 4) is 0 Å². The lowest BCUT2D eigenvalue weighted by atomic mass is 9.95. The number of carbonyl (C=O) groups is 2. The van der Waals surface area contributed by atoms with E-state index in [1.165, 1.54) is 24.3 Å². The number of halogens is 1. The van der Waals surface area contributed by atoms with E-state index < -0.39 is 0 Å². The summed E-state index contributed by atoms with van der Waals surface area (Å²) in [5.74, 6) is -0.535. The van der Waals surface area contributed by atoms with Crippen molar-refractivity contribution < 1.29 is 14.0 Å². The summed E-state index contributed by atoms with van der Waals surface area (Å²) in [6, 6.07) is 11.4. The number of carbonyl (C=O) groups excluding carboxylic acids is 2. The minimum Gasteiger partial charge on any atom is -0.355 e. The molecule has 2 amide bonds. The van der Waals surface area contributed by atoms with Gasteiger partial charge in [0.1, 0.15) is 11.5 Å². The number of likely N-dealkylation sites (tertiary alicyclic amines) is 1. The smallest absolute Gasteiger partial charge is 0.253 e. The fraction of sp³-hybridized carbons (Fsp3) is 0.318. The Balaban J connectivity index is 1.23. The molecule has 1 aliphatic rings. The van der Waals surface area contributed by atoms with Gasteiger partial charge in [-0.3, -0.25) is 9.59 Å². The van der Waals surface area contributed by atoms with Gasteiger partial charge in [-0.1, -0.05) is 6.07 Å². The average Bonchev–Trinajstić information content (AvgIpc) is 3.16. The maximum absolute atomic E-state index is 13.0. The van der Waals surface area contributed by atoms with Crippen molar-refractivity contribution in [3.63, 3.8) is 0 Å². The molecule has 7 heteroatoms. The molecular formula is C22H23FN4O2. The normalized spacial score (nSPS) is 14.9. The van der Waals surface area contributed by atoms with Gasteiger partial charge in [0.25, 0.3) is 5.91 Å². The molecule has 0 radical (unpaired) electrons. The van der Waals surface area contributed by atoms with Crippen molar-refractivity contribution in [1.29, 1.82) is 0 Å². The van der Waals surface area contributed by atoms with Gasteiger partial charge in [0, 0.05) is 49.9 Å². The van der Waals surface area contributed by atoms with Gasteiger partial charge in [-0.15, -0.1) is 0 Å². The molecule has 1 aromatic carbocycles. The number of hydrogen-bond acceptors (Lipinski definition) is 3. The molecule has 0 saturated carbocycles. The molecule has 1 saturated heterocycles. The number of hydrogen-bond donors (Lipinski definition) is 1. The molecule has 4 rings (SSSR count). The van der Waals surface area contributed by atoms with E-state index in [2.05, 4.69) is 10.3 Å². The molecule has 1 aliphatic heterocycles. The quantitative estimate of drug-likeness (QED) is 0.724. The number of imidazole rings is 1. The zero-order chi connectivity index (χ0) is 20.2. The van der Waals surface area contributed by atoms with Crippen LogP contribution in [0.4, 0.5) is 4.39 Å². The molecule has 0 aliphatic carbocycles. The molecule has 1 N–H and O–H groups in total. The maximum atomic E-state index is 13.0. The number of rotatable bonds is 5. The lowest BCUT2D eigenvalue weighted by molar-refractivity contribution is -0.126. The first-order valence-electron chi connectivity index (χ1n) is 9.85. The summed E-state index contributed by atoms with van der Waals surface area (Å²) in [7, 11) is 0. The molecule has 6 nitrogen and oxygen atoms in total. The van der Waals surface area contributed by atoms with Crippen LogP contribution >= 0.6 is 0 Å². The highest BCUT2D eigenvalue weighted by molar-refractivity contribution is 5.94. The van der Waals surface area contributed by atoms with E-state index in [1.807, 2.05) is 35.0 Å². The van der Waals surface area contributed by atoms with Crippen molar-refractivity contribution in [3.05, 3.63) is 71.9 Å². The fourth-order valence-corrected chi connectivity index (χ4v) is 3.69. The van der Waals surface area contributed by atoms with Gasteiger partial charge in [-0.2, -0.15) is 0 Å². The van der Waals surface area contributed by atoms with E-state index >= 15 is 0 Å². The standard InChI is InChI=1S/C22H23FN4O2/c23-18-6-4-17(5-7-18)22(29)26-13-9-16(10-14-26)21(28)24-11-8-19-15-27-12-2-1-3-20(27)25-19/h1-7,12,15-16H,8-11,13-14H2,(H,24,28). The van der Waals surface area contributed by atoms with Crippen LogP contribution < -0.4 is 5.32 Å². The van der Waals surface area contributed by atoms with Gasteiger partial charge in [0.2, 0.25) is 5.91 Å². The second kappa shape index (κ2) is 8.43. The number of nitrogens with zero attached hydrogens (tertiary/aromatic N) is 3. The van der Waals surface area contributed by atoms with Crippen LogP contribution in [-0.2, 0) is 11.2 Å². The van der Waals surface area contributed by atoms with Crippen molar-refractivity contribution in [2.24, 2.45) is 5.92 Å². The van der Waals surface area contributed by atoms with Gasteiger partial charge in [0.15, 0.2) is 0 Å². The Morgan fingerprint density at radius 3 is 2.59 bits per heavy atom. The Kier molecular flexibility index (Phi) is 5.55. The Bertz CT molecular complexity index is 974. The van der Waals surface area contributed by atoms with Crippen molar-refractivity contribution in [2.75, 3.05) is 19.6 Å². The largest absolute Gasteiger partial charge is 0.355 e. The SMILES string of the molecule is O=C(NCCc1cn2ccccc2n1)C1CCN(C(=O)c2ccc(F)cc2)CC1. The van der Waals surface area contributed by atoms with Gasteiger partial charge < -0.3 is 14.6 Å². The van der Waals surface area contributed by atoms with E-state index in [0.29, 0.717) is 44.5 Å². The Labute approximate surface area is 168 Å². The number of aromatic nitrogens is 2. The molecule has 2 aromatic heterocycles. The minimum absolute atomic E-state index is 0.0302. The summed E-state index contributed by atoms with van der Waals surface area (Å²) in [6.07, 6.45) is 5.86. The molecule has 3 aromatic rings. The summed E-state index contributed by atoms with van der Waals surface area (Å²) in [6.45, 7) is 1.60. The zero-order valence-electron chi connectivity index (χ0n) is 16.1. The molecule has 3 heterocycles. The van der Waals surface area contributed by atoms with Crippen LogP contribution in [0.1, 0.15) is 28.9 Å². The van der Waals surface area contributed by atoms with Crippen LogP contribution in [0.5, 0.6) is 0 Å². The highest BCUT2D eigenvalue weighted by Gasteiger charge is 2.27. The predicted molar refractivity (Wildman–Crippen MR) is 107 cm³/mol. The van der Waals surface area contributed by atoms with E-state index in [-0.39, 0.29) is 23.5 Å². The van der Waals surface area contributed by atoms with E-state index in [9.17, 15) is 14.0 Å². The summed E-state index contributed by atoms with van der Waals surface area (Å²) in [4.78, 5) is 31.2. The highest BCUT2D eigenvalue weighted by atomic mass is 19.1. The minimum atomic E-state index is -0.361. The second-order valence-electron chi connectivity index (χ2n) is 7.31. The number of piperidine rings is 1. The van der Waals surface area contributed by atoms with Crippen LogP contribution in [-0.4, -0.2) is 45.7 Å². The van der Waals surface area contributed by atoms with Gasteiger partial charge in [-0.05, 0) is 49.2 Å². The van der Waals surface area contributed by atoms with E-state index in [4.69, 9.17) is 0 Å². The third-order valence-corrected chi connectivity index (χ3v) is 5.34. The third kappa shape index (κ3) is 4.45. The van der Waals surface area contributed by atoms with Gasteiger partial charge >= 0.3 is 0 Å². The molecule has 0 bridgehead atoms. The summed E-state index contributed by atoms with van der Waals surface area (Å²) in [5.41, 5.74) is 2.31. The Morgan fingerprint density at radius 2 is 1.86 bits per heavy atom. The average molecular weight is 394 g/mol. The number of pyridine rings is 1. The third-order valence-electron chi connectivity index (χ3n) is 5.34. The molecule has 0 spiro atoms. The van der Waals surface area contributed by atoms with Gasteiger partial charge in [-0.25, -0.2) is 9.37 Å². The van der Waals surface area contributed by atoms with Crippen LogP contribution in [0.15, 0.2) is 54.9 Å². The first-order valence-corrected chi connectivity index (χ1v) is 9.85. The predicted octanol–water partition coefficient (Wildman–Crippen LogP) is 2.68. The van der Waals surface area contributed by atoms with Crippen molar-refractivity contribution in [2.45, 2.75) is 19.3 Å². The van der Waals surface area contributed by atoms with Crippen molar-refractivity contribution >= 4 is 17.5 Å². The number of amides is 2. The Morgan fingerprint density at radius 1 is 1.10 bits per heavy atom. The highest BCUT2D eigenvalue weighted by Crippen LogP contribution is 2.19. The lowest BCUT2D eigenvalue weighted by Crippen LogP contribution is -2.43. The Hall–Kier alpha value is -3.22. The van der Waals surface area contributed by atoms with Gasteiger partial charge in [0.05, 0.1) is 5.69 Å². The first-order chi connectivity index (χ1) is 14.1. The molecular weight excluding hydrogens is 371 g/mol. The van der Waals surface area contributed by atoms with Crippen LogP contribution in [0.25, 0.3) is 5.65 Å². The summed E-state index contributed by atoms with van der Waals surface area (Å²) < 4.78 is 15.0. The number of benzene rings is 1. The topological polar surface area (TPSA) is 66.7 Å². The molecule has 1 fully saturated rings. The van der Waals surface area contributed by atoms with Crippen LogP contribution in [0, 0.1) is 11.7 Å². The number of nitrogens with one attached hydrogen (secondary N) is 1. The second-order valence-corrected chi connectivity index (χ2v) is 7.31. The van der Waals surface area contributed by atoms with Crippen LogP contribution in [0.3, 0.4) is 0 Å². The van der Waals surface area contributed by atoms with Crippen molar-refractivity contribution in [1.82, 2.24) is 19.6 Å². The zero-order valence-corrected chi connectivity index (χ0v) is 16.1.